The highest BCUT2D eigenvalue weighted by Crippen LogP contribution is 2.13. The van der Waals surface area contributed by atoms with E-state index < -0.39 is 0 Å². The molecule has 8 heteroatoms. The predicted molar refractivity (Wildman–Crippen MR) is 93.5 cm³/mol. The van der Waals surface area contributed by atoms with Gasteiger partial charge in [-0.25, -0.2) is 9.97 Å². The van der Waals surface area contributed by atoms with Crippen LogP contribution in [0.3, 0.4) is 0 Å². The van der Waals surface area contributed by atoms with Gasteiger partial charge in [-0.2, -0.15) is 0 Å². The third-order valence-corrected chi connectivity index (χ3v) is 4.55. The Labute approximate surface area is 150 Å². The first-order valence-corrected chi connectivity index (χ1v) is 8.65. The molecule has 1 aliphatic heterocycles. The van der Waals surface area contributed by atoms with Gasteiger partial charge in [0.05, 0.1) is 24.9 Å². The minimum absolute atomic E-state index is 0.250. The Hall–Kier alpha value is -2.71. The third kappa shape index (κ3) is 3.47. The second-order valence-electron chi connectivity index (χ2n) is 6.64. The monoisotopic (exact) mass is 355 g/mol. The fraction of sp³-hybridized carbons (Fsp3) is 0.389. The molecule has 0 bridgehead atoms. The number of β-amino-alcohol motifs (C(OH)–C–C–N with tert-alkyl or cyclic N) is 1. The van der Waals surface area contributed by atoms with Crippen molar-refractivity contribution >= 4 is 11.6 Å². The molecule has 4 heterocycles. The van der Waals surface area contributed by atoms with Gasteiger partial charge in [-0.1, -0.05) is 6.07 Å². The van der Waals surface area contributed by atoms with Crippen LogP contribution in [0.2, 0.25) is 0 Å². The van der Waals surface area contributed by atoms with Gasteiger partial charge in [-0.15, -0.1) is 0 Å². The molecule has 0 aromatic carbocycles. The molecule has 4 rings (SSSR count). The fourth-order valence-electron chi connectivity index (χ4n) is 3.19. The van der Waals surface area contributed by atoms with Gasteiger partial charge < -0.3 is 19.2 Å². The highest BCUT2D eigenvalue weighted by Gasteiger charge is 2.22. The topological polar surface area (TPSA) is 95.9 Å². The molecule has 0 spiro atoms. The van der Waals surface area contributed by atoms with E-state index in [1.807, 2.05) is 35.9 Å². The zero-order chi connectivity index (χ0) is 18.1. The van der Waals surface area contributed by atoms with Crippen LogP contribution in [0.1, 0.15) is 34.1 Å². The smallest absolute Gasteiger partial charge is 0.273 e. The molecule has 0 radical (unpaired) electrons. The van der Waals surface area contributed by atoms with Crippen molar-refractivity contribution in [3.8, 4) is 0 Å². The Morgan fingerprint density at radius 1 is 1.46 bits per heavy atom. The van der Waals surface area contributed by atoms with E-state index in [0.717, 1.165) is 29.9 Å². The van der Waals surface area contributed by atoms with Crippen molar-refractivity contribution in [2.24, 2.45) is 0 Å². The molecule has 1 fully saturated rings. The number of hydrogen-bond acceptors (Lipinski definition) is 6. The van der Waals surface area contributed by atoms with Crippen LogP contribution in [0.5, 0.6) is 0 Å². The van der Waals surface area contributed by atoms with E-state index in [1.54, 1.807) is 0 Å². The number of rotatable bonds is 5. The molecule has 0 aliphatic carbocycles. The number of aryl methyl sites for hydroxylation is 1. The van der Waals surface area contributed by atoms with Gasteiger partial charge in [0, 0.05) is 25.5 Å². The Bertz CT molecular complexity index is 932. The van der Waals surface area contributed by atoms with E-state index in [1.165, 1.54) is 6.26 Å². The van der Waals surface area contributed by atoms with Crippen LogP contribution >= 0.6 is 0 Å². The molecule has 3 aromatic heterocycles. The van der Waals surface area contributed by atoms with Crippen LogP contribution in [0, 0.1) is 6.92 Å². The summed E-state index contributed by atoms with van der Waals surface area (Å²) in [5.74, 6) is 0.183. The maximum atomic E-state index is 12.3. The Balaban J connectivity index is 1.36. The van der Waals surface area contributed by atoms with Crippen LogP contribution in [0.25, 0.3) is 5.65 Å². The summed E-state index contributed by atoms with van der Waals surface area (Å²) in [5, 5.41) is 12.4. The van der Waals surface area contributed by atoms with Crippen LogP contribution in [0.4, 0.5) is 0 Å². The Morgan fingerprint density at radius 3 is 3.12 bits per heavy atom. The SMILES string of the molecule is Cc1cccn2cc(CNC(=O)c3coc(CN4CC[C@H](O)C4)n3)nc12. The summed E-state index contributed by atoms with van der Waals surface area (Å²) in [4.78, 5) is 23.1. The van der Waals surface area contributed by atoms with Gasteiger partial charge >= 0.3 is 0 Å². The van der Waals surface area contributed by atoms with E-state index in [-0.39, 0.29) is 17.7 Å². The first-order chi connectivity index (χ1) is 12.6. The van der Waals surface area contributed by atoms with E-state index >= 15 is 0 Å². The zero-order valence-electron chi connectivity index (χ0n) is 14.6. The molecule has 1 aliphatic rings. The van der Waals surface area contributed by atoms with Crippen molar-refractivity contribution in [3.05, 3.63) is 53.6 Å². The number of nitrogens with zero attached hydrogens (tertiary/aromatic N) is 4. The molecule has 0 unspecified atom stereocenters. The molecular weight excluding hydrogens is 334 g/mol. The number of carbonyl (C=O) groups excluding carboxylic acids is 1. The maximum Gasteiger partial charge on any atom is 0.273 e. The minimum atomic E-state index is -0.296. The Kier molecular flexibility index (Phi) is 4.44. The predicted octanol–water partition coefficient (Wildman–Crippen LogP) is 1.13. The van der Waals surface area contributed by atoms with Gasteiger partial charge in [0.15, 0.2) is 5.69 Å². The normalized spacial score (nSPS) is 17.8. The van der Waals surface area contributed by atoms with Crippen molar-refractivity contribution < 1.29 is 14.3 Å². The third-order valence-electron chi connectivity index (χ3n) is 4.55. The van der Waals surface area contributed by atoms with Crippen molar-refractivity contribution in [1.29, 1.82) is 0 Å². The summed E-state index contributed by atoms with van der Waals surface area (Å²) in [6.45, 7) is 4.23. The quantitative estimate of drug-likeness (QED) is 0.712. The number of aliphatic hydroxyl groups is 1. The second-order valence-corrected chi connectivity index (χ2v) is 6.64. The maximum absolute atomic E-state index is 12.3. The van der Waals surface area contributed by atoms with Gasteiger partial charge in [-0.3, -0.25) is 9.69 Å². The lowest BCUT2D eigenvalue weighted by molar-refractivity contribution is 0.0945. The van der Waals surface area contributed by atoms with Crippen LogP contribution in [0.15, 0.2) is 35.2 Å². The molecule has 1 atom stereocenters. The minimum Gasteiger partial charge on any atom is -0.447 e. The molecule has 8 nitrogen and oxygen atoms in total. The Morgan fingerprint density at radius 2 is 2.35 bits per heavy atom. The molecule has 2 N–H and O–H groups in total. The number of likely N-dealkylation sites (tertiary alicyclic amines) is 1. The lowest BCUT2D eigenvalue weighted by Crippen LogP contribution is -2.24. The molecular formula is C18H21N5O3. The number of nitrogens with one attached hydrogen (secondary N) is 1. The highest BCUT2D eigenvalue weighted by atomic mass is 16.3. The lowest BCUT2D eigenvalue weighted by Gasteiger charge is -2.11. The summed E-state index contributed by atoms with van der Waals surface area (Å²) in [7, 11) is 0. The molecule has 26 heavy (non-hydrogen) atoms. The van der Waals surface area contributed by atoms with Crippen LogP contribution in [-0.2, 0) is 13.1 Å². The van der Waals surface area contributed by atoms with Crippen molar-refractivity contribution in [3.63, 3.8) is 0 Å². The molecule has 0 saturated carbocycles. The first kappa shape index (κ1) is 16.7. The van der Waals surface area contributed by atoms with Crippen LogP contribution < -0.4 is 5.32 Å². The summed E-state index contributed by atoms with van der Waals surface area (Å²) < 4.78 is 7.32. The number of oxazole rings is 1. The van der Waals surface area contributed by atoms with Gasteiger partial charge in [-0.05, 0) is 25.0 Å². The van der Waals surface area contributed by atoms with E-state index in [0.29, 0.717) is 25.5 Å². The fourth-order valence-corrected chi connectivity index (χ4v) is 3.19. The van der Waals surface area contributed by atoms with E-state index in [9.17, 15) is 9.90 Å². The van der Waals surface area contributed by atoms with Crippen molar-refractivity contribution in [2.45, 2.75) is 32.5 Å². The summed E-state index contributed by atoms with van der Waals surface area (Å²) in [5.41, 5.74) is 2.99. The van der Waals surface area contributed by atoms with Crippen LogP contribution in [-0.4, -0.2) is 49.5 Å². The number of fused-ring (bicyclic) bond motifs is 1. The number of imidazole rings is 1. The number of carbonyl (C=O) groups is 1. The number of aromatic nitrogens is 3. The molecule has 136 valence electrons. The van der Waals surface area contributed by atoms with Gasteiger partial charge in [0.1, 0.15) is 11.9 Å². The average molecular weight is 355 g/mol. The second kappa shape index (κ2) is 6.89. The molecule has 3 aromatic rings. The highest BCUT2D eigenvalue weighted by molar-refractivity contribution is 5.91. The van der Waals surface area contributed by atoms with Crippen molar-refractivity contribution in [1.82, 2.24) is 24.6 Å². The van der Waals surface area contributed by atoms with Crippen molar-refractivity contribution in [2.75, 3.05) is 13.1 Å². The lowest BCUT2D eigenvalue weighted by atomic mass is 10.3. The summed E-state index contributed by atoms with van der Waals surface area (Å²) in [6.07, 6.45) is 5.66. The zero-order valence-corrected chi connectivity index (χ0v) is 14.6. The number of pyridine rings is 1. The summed E-state index contributed by atoms with van der Waals surface area (Å²) in [6, 6.07) is 3.96. The average Bonchev–Trinajstić information content (AvgIpc) is 3.33. The van der Waals surface area contributed by atoms with Gasteiger partial charge in [0.25, 0.3) is 5.91 Å². The standard InChI is InChI=1S/C18H21N5O3/c1-12-3-2-5-23-8-13(20-17(12)23)7-19-18(25)15-11-26-16(21-15)10-22-6-4-14(24)9-22/h2-3,5,8,11,14,24H,4,6-7,9-10H2,1H3,(H,19,25)/t14-/m0/s1. The largest absolute Gasteiger partial charge is 0.447 e. The van der Waals surface area contributed by atoms with Gasteiger partial charge in [0.2, 0.25) is 5.89 Å². The van der Waals surface area contributed by atoms with E-state index in [2.05, 4.69) is 20.2 Å². The summed E-state index contributed by atoms with van der Waals surface area (Å²) >= 11 is 0. The number of hydrogen-bond donors (Lipinski definition) is 2. The van der Waals surface area contributed by atoms with E-state index in [4.69, 9.17) is 4.42 Å². The molecule has 1 amide bonds. The number of aliphatic hydroxyl groups excluding tert-OH is 1. The number of amides is 1. The molecule has 1 saturated heterocycles. The first-order valence-electron chi connectivity index (χ1n) is 8.65.